The number of alkyl halides is 3. The summed E-state index contributed by atoms with van der Waals surface area (Å²) in [7, 11) is 0. The summed E-state index contributed by atoms with van der Waals surface area (Å²) in [6, 6.07) is 3.01. The van der Waals surface area contributed by atoms with E-state index in [2.05, 4.69) is 9.72 Å². The van der Waals surface area contributed by atoms with Crippen LogP contribution in [0.2, 0.25) is 0 Å². The molecule has 1 aromatic carbocycles. The molecule has 0 aliphatic carbocycles. The number of thiazole rings is 1. The SMILES string of the molecule is Cc1nc2cc(OCC(F)(F)F)c(N)cc2s1. The van der Waals surface area contributed by atoms with Crippen molar-refractivity contribution in [2.75, 3.05) is 12.3 Å². The number of ether oxygens (including phenoxy) is 1. The highest BCUT2D eigenvalue weighted by Crippen LogP contribution is 2.32. The first kappa shape index (κ1) is 12.0. The molecule has 0 aliphatic heterocycles. The van der Waals surface area contributed by atoms with Gasteiger partial charge in [0.15, 0.2) is 6.61 Å². The van der Waals surface area contributed by atoms with Gasteiger partial charge in [0.2, 0.25) is 0 Å². The Hall–Kier alpha value is -1.50. The van der Waals surface area contributed by atoms with Crippen molar-refractivity contribution in [3.8, 4) is 5.75 Å². The van der Waals surface area contributed by atoms with E-state index in [1.807, 2.05) is 6.92 Å². The molecule has 0 radical (unpaired) electrons. The van der Waals surface area contributed by atoms with Gasteiger partial charge >= 0.3 is 6.18 Å². The summed E-state index contributed by atoms with van der Waals surface area (Å²) >= 11 is 1.43. The number of anilines is 1. The van der Waals surface area contributed by atoms with Crippen LogP contribution in [0.3, 0.4) is 0 Å². The number of nitrogens with zero attached hydrogens (tertiary/aromatic N) is 1. The second kappa shape index (κ2) is 4.06. The van der Waals surface area contributed by atoms with Gasteiger partial charge in [-0.1, -0.05) is 0 Å². The van der Waals surface area contributed by atoms with Crippen LogP contribution in [0.15, 0.2) is 12.1 Å². The molecule has 17 heavy (non-hydrogen) atoms. The fourth-order valence-corrected chi connectivity index (χ4v) is 2.23. The fourth-order valence-electron chi connectivity index (χ4n) is 1.37. The highest BCUT2D eigenvalue weighted by Gasteiger charge is 2.28. The van der Waals surface area contributed by atoms with Crippen molar-refractivity contribution in [1.82, 2.24) is 4.98 Å². The van der Waals surface area contributed by atoms with Gasteiger partial charge in [-0.05, 0) is 13.0 Å². The van der Waals surface area contributed by atoms with E-state index in [-0.39, 0.29) is 11.4 Å². The van der Waals surface area contributed by atoms with E-state index in [1.54, 1.807) is 6.07 Å². The fraction of sp³-hybridized carbons (Fsp3) is 0.300. The largest absolute Gasteiger partial charge is 0.482 e. The number of nitrogen functional groups attached to an aromatic ring is 1. The van der Waals surface area contributed by atoms with Gasteiger partial charge in [-0.25, -0.2) is 4.98 Å². The van der Waals surface area contributed by atoms with Gasteiger partial charge in [-0.15, -0.1) is 11.3 Å². The zero-order valence-corrected chi connectivity index (χ0v) is 9.65. The van der Waals surface area contributed by atoms with Crippen LogP contribution >= 0.6 is 11.3 Å². The first-order chi connectivity index (χ1) is 7.85. The molecule has 0 unspecified atom stereocenters. The van der Waals surface area contributed by atoms with E-state index in [1.165, 1.54) is 17.4 Å². The molecule has 2 aromatic rings. The number of hydrogen-bond donors (Lipinski definition) is 1. The molecule has 0 atom stereocenters. The standard InChI is InChI=1S/C10H9F3N2OS/c1-5-15-7-3-8(16-4-10(11,12)13)6(14)2-9(7)17-5/h2-3H,4,14H2,1H3. The van der Waals surface area contributed by atoms with Gasteiger partial charge in [0.05, 0.1) is 20.9 Å². The van der Waals surface area contributed by atoms with Crippen LogP contribution in [0.1, 0.15) is 5.01 Å². The van der Waals surface area contributed by atoms with Gasteiger partial charge in [0.25, 0.3) is 0 Å². The number of fused-ring (bicyclic) bond motifs is 1. The van der Waals surface area contributed by atoms with Crippen LogP contribution in [0, 0.1) is 6.92 Å². The summed E-state index contributed by atoms with van der Waals surface area (Å²) in [6.07, 6.45) is -4.38. The van der Waals surface area contributed by atoms with E-state index in [9.17, 15) is 13.2 Å². The summed E-state index contributed by atoms with van der Waals surface area (Å²) in [5, 5.41) is 0.826. The van der Waals surface area contributed by atoms with Crippen LogP contribution < -0.4 is 10.5 Å². The summed E-state index contributed by atoms with van der Waals surface area (Å²) in [5.74, 6) is 0.0140. The summed E-state index contributed by atoms with van der Waals surface area (Å²) < 4.78 is 41.5. The zero-order chi connectivity index (χ0) is 12.6. The Balaban J connectivity index is 2.30. The predicted octanol–water partition coefficient (Wildman–Crippen LogP) is 3.13. The average Bonchev–Trinajstić information content (AvgIpc) is 2.52. The lowest BCUT2D eigenvalue weighted by Crippen LogP contribution is -2.19. The van der Waals surface area contributed by atoms with E-state index < -0.39 is 12.8 Å². The third-order valence-corrected chi connectivity index (χ3v) is 2.95. The van der Waals surface area contributed by atoms with E-state index in [0.717, 1.165) is 9.71 Å². The molecule has 0 saturated carbocycles. The lowest BCUT2D eigenvalue weighted by molar-refractivity contribution is -0.153. The van der Waals surface area contributed by atoms with Crippen LogP contribution in [-0.2, 0) is 0 Å². The quantitative estimate of drug-likeness (QED) is 0.846. The minimum Gasteiger partial charge on any atom is -0.482 e. The molecule has 0 amide bonds. The topological polar surface area (TPSA) is 48.1 Å². The van der Waals surface area contributed by atoms with Gasteiger partial charge in [-0.2, -0.15) is 13.2 Å². The third kappa shape index (κ3) is 2.79. The second-order valence-electron chi connectivity index (χ2n) is 3.49. The Morgan fingerprint density at radius 1 is 1.41 bits per heavy atom. The van der Waals surface area contributed by atoms with Crippen molar-refractivity contribution in [3.63, 3.8) is 0 Å². The molecule has 0 spiro atoms. The molecule has 0 aliphatic rings. The first-order valence-corrected chi connectivity index (χ1v) is 5.53. The number of aromatic nitrogens is 1. The van der Waals surface area contributed by atoms with Crippen molar-refractivity contribution >= 4 is 27.2 Å². The van der Waals surface area contributed by atoms with Crippen molar-refractivity contribution in [2.45, 2.75) is 13.1 Å². The van der Waals surface area contributed by atoms with Crippen molar-refractivity contribution in [3.05, 3.63) is 17.1 Å². The Morgan fingerprint density at radius 2 is 2.12 bits per heavy atom. The number of nitrogens with two attached hydrogens (primary N) is 1. The van der Waals surface area contributed by atoms with Crippen molar-refractivity contribution in [2.24, 2.45) is 0 Å². The molecule has 2 rings (SSSR count). The summed E-state index contributed by atoms with van der Waals surface area (Å²) in [5.41, 5.74) is 6.39. The normalized spacial score (nSPS) is 12.0. The number of halogens is 3. The van der Waals surface area contributed by atoms with Crippen LogP contribution in [-0.4, -0.2) is 17.8 Å². The first-order valence-electron chi connectivity index (χ1n) is 4.71. The molecule has 7 heteroatoms. The minimum absolute atomic E-state index is 0.0140. The highest BCUT2D eigenvalue weighted by molar-refractivity contribution is 7.18. The molecule has 0 fully saturated rings. The molecule has 3 nitrogen and oxygen atoms in total. The van der Waals surface area contributed by atoms with Crippen LogP contribution in [0.5, 0.6) is 5.75 Å². The number of hydrogen-bond acceptors (Lipinski definition) is 4. The second-order valence-corrected chi connectivity index (χ2v) is 4.73. The molecular weight excluding hydrogens is 253 g/mol. The molecule has 1 aromatic heterocycles. The number of rotatable bonds is 2. The zero-order valence-electron chi connectivity index (χ0n) is 8.84. The Morgan fingerprint density at radius 3 is 2.76 bits per heavy atom. The van der Waals surface area contributed by atoms with Gasteiger partial charge in [0, 0.05) is 6.07 Å². The molecule has 1 heterocycles. The molecule has 2 N–H and O–H groups in total. The minimum atomic E-state index is -4.38. The van der Waals surface area contributed by atoms with E-state index >= 15 is 0 Å². The van der Waals surface area contributed by atoms with Crippen LogP contribution in [0.25, 0.3) is 10.2 Å². The monoisotopic (exact) mass is 262 g/mol. The van der Waals surface area contributed by atoms with Crippen molar-refractivity contribution < 1.29 is 17.9 Å². The Bertz CT molecular complexity index is 550. The van der Waals surface area contributed by atoms with Crippen LogP contribution in [0.4, 0.5) is 18.9 Å². The molecular formula is C10H9F3N2OS. The third-order valence-electron chi connectivity index (χ3n) is 2.02. The maximum Gasteiger partial charge on any atom is 0.422 e. The number of benzene rings is 1. The summed E-state index contributed by atoms with van der Waals surface area (Å²) in [6.45, 7) is 0.461. The summed E-state index contributed by atoms with van der Waals surface area (Å²) in [4.78, 5) is 4.16. The lowest BCUT2D eigenvalue weighted by Gasteiger charge is -2.10. The predicted molar refractivity (Wildman–Crippen MR) is 60.3 cm³/mol. The smallest absolute Gasteiger partial charge is 0.422 e. The van der Waals surface area contributed by atoms with E-state index in [0.29, 0.717) is 5.52 Å². The van der Waals surface area contributed by atoms with Crippen molar-refractivity contribution in [1.29, 1.82) is 0 Å². The van der Waals surface area contributed by atoms with Gasteiger partial charge in [-0.3, -0.25) is 0 Å². The van der Waals surface area contributed by atoms with E-state index in [4.69, 9.17) is 5.73 Å². The Kier molecular flexibility index (Phi) is 2.86. The van der Waals surface area contributed by atoms with Gasteiger partial charge in [0.1, 0.15) is 5.75 Å². The molecule has 0 saturated heterocycles. The van der Waals surface area contributed by atoms with Gasteiger partial charge < -0.3 is 10.5 Å². The molecule has 0 bridgehead atoms. The number of aryl methyl sites for hydroxylation is 1. The molecule has 92 valence electrons. The maximum absolute atomic E-state index is 12.0. The average molecular weight is 262 g/mol. The Labute approximate surface area is 99.0 Å². The lowest BCUT2D eigenvalue weighted by atomic mass is 10.3. The maximum atomic E-state index is 12.0. The highest BCUT2D eigenvalue weighted by atomic mass is 32.1.